The number of fused-ring (bicyclic) bond motifs is 1. The molecule has 3 rings (SSSR count). The fourth-order valence-electron chi connectivity index (χ4n) is 2.88. The molecule has 0 atom stereocenters. The van der Waals surface area contributed by atoms with Crippen molar-refractivity contribution < 1.29 is 4.74 Å². The number of hydrogen-bond donors (Lipinski definition) is 0. The van der Waals surface area contributed by atoms with Crippen molar-refractivity contribution in [2.45, 2.75) is 33.6 Å². The van der Waals surface area contributed by atoms with Gasteiger partial charge in [0, 0.05) is 16.1 Å². The molecule has 0 aliphatic carbocycles. The number of thiazole rings is 1. The summed E-state index contributed by atoms with van der Waals surface area (Å²) in [6, 6.07) is 10.2. The van der Waals surface area contributed by atoms with Crippen molar-refractivity contribution in [1.29, 1.82) is 5.26 Å². The van der Waals surface area contributed by atoms with E-state index < -0.39 is 0 Å². The van der Waals surface area contributed by atoms with Gasteiger partial charge in [-0.2, -0.15) is 5.26 Å². The second-order valence-electron chi connectivity index (χ2n) is 5.28. The molecule has 0 N–H and O–H groups in total. The highest BCUT2D eigenvalue weighted by molar-refractivity contribution is 7.17. The van der Waals surface area contributed by atoms with E-state index >= 15 is 0 Å². The van der Waals surface area contributed by atoms with Gasteiger partial charge in [0.05, 0.1) is 30.5 Å². The van der Waals surface area contributed by atoms with E-state index in [1.807, 2.05) is 31.2 Å². The molecule has 118 valence electrons. The molecule has 2 aromatic heterocycles. The minimum Gasteiger partial charge on any atom is -0.494 e. The van der Waals surface area contributed by atoms with Crippen molar-refractivity contribution in [1.82, 2.24) is 9.38 Å². The topological polar surface area (TPSA) is 50.3 Å². The Morgan fingerprint density at radius 2 is 1.96 bits per heavy atom. The molecular weight excluding hydrogens is 306 g/mol. The van der Waals surface area contributed by atoms with Crippen LogP contribution in [0.15, 0.2) is 24.3 Å². The summed E-state index contributed by atoms with van der Waals surface area (Å²) in [6.45, 7) is 6.88. The summed E-state index contributed by atoms with van der Waals surface area (Å²) in [4.78, 5) is 7.03. The van der Waals surface area contributed by atoms with Crippen molar-refractivity contribution in [2.24, 2.45) is 0 Å². The van der Waals surface area contributed by atoms with Gasteiger partial charge in [0.25, 0.3) is 0 Å². The van der Waals surface area contributed by atoms with Gasteiger partial charge >= 0.3 is 0 Å². The Morgan fingerprint density at radius 3 is 2.57 bits per heavy atom. The minimum atomic E-state index is 0.354. The fourth-order valence-corrected chi connectivity index (χ4v) is 3.96. The lowest BCUT2D eigenvalue weighted by atomic mass is 10.1. The zero-order valence-corrected chi connectivity index (χ0v) is 14.4. The Labute approximate surface area is 140 Å². The standard InChI is InChI=1S/C18H19N3OS/c1-4-15-12(3)23-18-20-17(16(10-11-19)21(15)18)13-6-8-14(9-7-13)22-5-2/h6-9H,4-5,10H2,1-3H3. The van der Waals surface area contributed by atoms with E-state index in [0.29, 0.717) is 13.0 Å². The predicted molar refractivity (Wildman–Crippen MR) is 93.1 cm³/mol. The van der Waals surface area contributed by atoms with Gasteiger partial charge in [0.2, 0.25) is 0 Å². The van der Waals surface area contributed by atoms with E-state index in [2.05, 4.69) is 24.3 Å². The van der Waals surface area contributed by atoms with E-state index in [4.69, 9.17) is 9.72 Å². The molecule has 0 saturated heterocycles. The lowest BCUT2D eigenvalue weighted by Crippen LogP contribution is -1.98. The average molecular weight is 325 g/mol. The van der Waals surface area contributed by atoms with Crippen LogP contribution in [0.5, 0.6) is 5.75 Å². The van der Waals surface area contributed by atoms with Crippen molar-refractivity contribution in [3.8, 4) is 23.1 Å². The Hall–Kier alpha value is -2.32. The molecule has 23 heavy (non-hydrogen) atoms. The molecule has 5 heteroatoms. The lowest BCUT2D eigenvalue weighted by Gasteiger charge is -2.06. The molecule has 0 spiro atoms. The zero-order chi connectivity index (χ0) is 16.4. The minimum absolute atomic E-state index is 0.354. The van der Waals surface area contributed by atoms with Gasteiger partial charge < -0.3 is 4.74 Å². The van der Waals surface area contributed by atoms with Crippen LogP contribution in [0.4, 0.5) is 0 Å². The maximum absolute atomic E-state index is 9.25. The van der Waals surface area contributed by atoms with Crippen LogP contribution < -0.4 is 4.74 Å². The molecule has 4 nitrogen and oxygen atoms in total. The summed E-state index contributed by atoms with van der Waals surface area (Å²) in [7, 11) is 0. The van der Waals surface area contributed by atoms with E-state index in [-0.39, 0.29) is 0 Å². The van der Waals surface area contributed by atoms with Crippen LogP contribution in [0, 0.1) is 18.3 Å². The number of imidazole rings is 1. The average Bonchev–Trinajstić information content (AvgIpc) is 3.04. The summed E-state index contributed by atoms with van der Waals surface area (Å²) < 4.78 is 7.66. The number of hydrogen-bond acceptors (Lipinski definition) is 4. The van der Waals surface area contributed by atoms with Crippen molar-refractivity contribution >= 4 is 16.3 Å². The lowest BCUT2D eigenvalue weighted by molar-refractivity contribution is 0.340. The normalized spacial score (nSPS) is 10.9. The number of aromatic nitrogens is 2. The van der Waals surface area contributed by atoms with Gasteiger partial charge in [0.1, 0.15) is 5.75 Å². The van der Waals surface area contributed by atoms with Crippen LogP contribution >= 0.6 is 11.3 Å². The van der Waals surface area contributed by atoms with Crippen LogP contribution in [-0.2, 0) is 12.8 Å². The highest BCUT2D eigenvalue weighted by Gasteiger charge is 2.19. The molecule has 3 aromatic rings. The molecule has 2 heterocycles. The van der Waals surface area contributed by atoms with Crippen LogP contribution in [0.25, 0.3) is 16.2 Å². The molecule has 0 amide bonds. The molecule has 1 aromatic carbocycles. The first-order valence-corrected chi connectivity index (χ1v) is 8.61. The maximum Gasteiger partial charge on any atom is 0.194 e. The fraction of sp³-hybridized carbons (Fsp3) is 0.333. The number of nitriles is 1. The molecule has 0 bridgehead atoms. The second kappa shape index (κ2) is 6.43. The van der Waals surface area contributed by atoms with E-state index in [1.54, 1.807) is 11.3 Å². The van der Waals surface area contributed by atoms with Crippen LogP contribution in [-0.4, -0.2) is 16.0 Å². The van der Waals surface area contributed by atoms with Gasteiger partial charge in [-0.15, -0.1) is 11.3 Å². The summed E-state index contributed by atoms with van der Waals surface area (Å²) in [5.41, 5.74) is 4.15. The van der Waals surface area contributed by atoms with Crippen molar-refractivity contribution in [3.63, 3.8) is 0 Å². The maximum atomic E-state index is 9.25. The first-order chi connectivity index (χ1) is 11.2. The highest BCUT2D eigenvalue weighted by atomic mass is 32.1. The molecule has 0 saturated carbocycles. The SMILES string of the molecule is CCOc1ccc(-c2nc3sc(C)c(CC)n3c2CC#N)cc1. The van der Waals surface area contributed by atoms with Crippen LogP contribution in [0.3, 0.4) is 0 Å². The number of rotatable bonds is 5. The van der Waals surface area contributed by atoms with Gasteiger partial charge in [-0.1, -0.05) is 6.92 Å². The summed E-state index contributed by atoms with van der Waals surface area (Å²) in [5, 5.41) is 9.25. The Balaban J connectivity index is 2.15. The van der Waals surface area contributed by atoms with Crippen LogP contribution in [0.2, 0.25) is 0 Å². The third-order valence-corrected chi connectivity index (χ3v) is 4.88. The van der Waals surface area contributed by atoms with Crippen molar-refractivity contribution in [3.05, 3.63) is 40.5 Å². The summed E-state index contributed by atoms with van der Waals surface area (Å²) in [6.07, 6.45) is 1.29. The summed E-state index contributed by atoms with van der Waals surface area (Å²) >= 11 is 1.69. The highest BCUT2D eigenvalue weighted by Crippen LogP contribution is 2.32. The first-order valence-electron chi connectivity index (χ1n) is 7.79. The molecule has 0 unspecified atom stereocenters. The number of ether oxygens (including phenoxy) is 1. The smallest absolute Gasteiger partial charge is 0.194 e. The molecule has 0 aliphatic rings. The largest absolute Gasteiger partial charge is 0.494 e. The number of nitrogens with zero attached hydrogens (tertiary/aromatic N) is 3. The predicted octanol–water partition coefficient (Wildman–Crippen LogP) is 4.40. The van der Waals surface area contributed by atoms with Crippen molar-refractivity contribution in [2.75, 3.05) is 6.61 Å². The summed E-state index contributed by atoms with van der Waals surface area (Å²) in [5.74, 6) is 0.851. The van der Waals surface area contributed by atoms with Gasteiger partial charge in [0.15, 0.2) is 4.96 Å². The van der Waals surface area contributed by atoms with Crippen LogP contribution in [0.1, 0.15) is 30.1 Å². The monoisotopic (exact) mass is 325 g/mol. The Kier molecular flexibility index (Phi) is 4.35. The second-order valence-corrected chi connectivity index (χ2v) is 6.46. The van der Waals surface area contributed by atoms with E-state index in [1.165, 1.54) is 10.6 Å². The third-order valence-electron chi connectivity index (χ3n) is 3.88. The quantitative estimate of drug-likeness (QED) is 0.698. The molecule has 0 aliphatic heterocycles. The Bertz CT molecular complexity index is 868. The molecule has 0 fully saturated rings. The zero-order valence-electron chi connectivity index (χ0n) is 13.6. The van der Waals surface area contributed by atoms with Gasteiger partial charge in [-0.25, -0.2) is 4.98 Å². The van der Waals surface area contributed by atoms with E-state index in [0.717, 1.165) is 34.1 Å². The first kappa shape index (κ1) is 15.6. The molecule has 0 radical (unpaired) electrons. The third kappa shape index (κ3) is 2.71. The van der Waals surface area contributed by atoms with Gasteiger partial charge in [-0.3, -0.25) is 4.40 Å². The molecular formula is C18H19N3OS. The Morgan fingerprint density at radius 1 is 1.22 bits per heavy atom. The number of benzene rings is 1. The van der Waals surface area contributed by atoms with E-state index in [9.17, 15) is 5.26 Å². The number of aryl methyl sites for hydroxylation is 2. The van der Waals surface area contributed by atoms with Gasteiger partial charge in [-0.05, 0) is 44.5 Å².